The number of carbonyl (C=O) groups is 1. The molecule has 6 heteroatoms. The van der Waals surface area contributed by atoms with Crippen molar-refractivity contribution in [1.82, 2.24) is 5.32 Å². The third-order valence-corrected chi connectivity index (χ3v) is 2.89. The van der Waals surface area contributed by atoms with E-state index in [0.717, 1.165) is 12.1 Å². The summed E-state index contributed by atoms with van der Waals surface area (Å²) in [6, 6.07) is 1.62. The summed E-state index contributed by atoms with van der Waals surface area (Å²) in [6.07, 6.45) is 1.41. The third-order valence-electron chi connectivity index (χ3n) is 2.89. The highest BCUT2D eigenvalue weighted by atomic mass is 19.2. The summed E-state index contributed by atoms with van der Waals surface area (Å²) in [5.74, 6) is -2.63. The number of anilines is 1. The van der Waals surface area contributed by atoms with Crippen LogP contribution in [-0.2, 0) is 4.74 Å². The van der Waals surface area contributed by atoms with E-state index in [0.29, 0.717) is 26.1 Å². The molecule has 1 heterocycles. The maximum absolute atomic E-state index is 13.1. The standard InChI is InChI=1S/C12H14F2N2O2/c13-9-5-8(11(15)6-10(9)14)12(17)16-7-1-3-18-4-2-7/h5-7H,1-4,15H2,(H,16,17). The van der Waals surface area contributed by atoms with Gasteiger partial charge in [0, 0.05) is 31.0 Å². The molecule has 1 aromatic rings. The molecule has 0 bridgehead atoms. The first-order valence-electron chi connectivity index (χ1n) is 5.71. The summed E-state index contributed by atoms with van der Waals surface area (Å²) in [6.45, 7) is 1.16. The number of nitrogen functional groups attached to an aromatic ring is 1. The summed E-state index contributed by atoms with van der Waals surface area (Å²) in [4.78, 5) is 11.9. The molecule has 1 amide bonds. The van der Waals surface area contributed by atoms with E-state index in [9.17, 15) is 13.6 Å². The number of ether oxygens (including phenoxy) is 1. The predicted octanol–water partition coefficient (Wildman–Crippen LogP) is 1.46. The van der Waals surface area contributed by atoms with Crippen molar-refractivity contribution in [3.63, 3.8) is 0 Å². The molecule has 0 aromatic heterocycles. The smallest absolute Gasteiger partial charge is 0.253 e. The molecule has 4 nitrogen and oxygen atoms in total. The second-order valence-electron chi connectivity index (χ2n) is 4.21. The molecule has 1 aromatic carbocycles. The summed E-state index contributed by atoms with van der Waals surface area (Å²) >= 11 is 0. The van der Waals surface area contributed by atoms with Crippen molar-refractivity contribution in [3.05, 3.63) is 29.3 Å². The van der Waals surface area contributed by atoms with Crippen LogP contribution in [-0.4, -0.2) is 25.2 Å². The molecule has 1 aliphatic heterocycles. The Bertz CT molecular complexity index is 460. The highest BCUT2D eigenvalue weighted by Crippen LogP contribution is 2.17. The Morgan fingerprint density at radius 1 is 1.28 bits per heavy atom. The molecular formula is C12H14F2N2O2. The molecule has 3 N–H and O–H groups in total. The van der Waals surface area contributed by atoms with Crippen molar-refractivity contribution in [2.75, 3.05) is 18.9 Å². The van der Waals surface area contributed by atoms with Crippen LogP contribution < -0.4 is 11.1 Å². The number of rotatable bonds is 2. The van der Waals surface area contributed by atoms with Gasteiger partial charge in [-0.15, -0.1) is 0 Å². The highest BCUT2D eigenvalue weighted by molar-refractivity contribution is 5.99. The van der Waals surface area contributed by atoms with Gasteiger partial charge in [-0.3, -0.25) is 4.79 Å². The minimum Gasteiger partial charge on any atom is -0.398 e. The van der Waals surface area contributed by atoms with Crippen molar-refractivity contribution >= 4 is 11.6 Å². The first-order chi connectivity index (χ1) is 8.58. The number of hydrogen-bond acceptors (Lipinski definition) is 3. The van der Waals surface area contributed by atoms with E-state index >= 15 is 0 Å². The quantitative estimate of drug-likeness (QED) is 0.787. The van der Waals surface area contributed by atoms with Crippen LogP contribution in [0.1, 0.15) is 23.2 Å². The zero-order valence-electron chi connectivity index (χ0n) is 9.71. The average Bonchev–Trinajstić information content (AvgIpc) is 2.35. The summed E-state index contributed by atoms with van der Waals surface area (Å²) in [7, 11) is 0. The Hall–Kier alpha value is -1.69. The summed E-state index contributed by atoms with van der Waals surface area (Å²) in [5, 5.41) is 2.73. The number of halogens is 2. The van der Waals surface area contributed by atoms with Gasteiger partial charge in [0.05, 0.1) is 5.56 Å². The van der Waals surface area contributed by atoms with E-state index in [4.69, 9.17) is 10.5 Å². The molecule has 98 valence electrons. The van der Waals surface area contributed by atoms with Crippen molar-refractivity contribution in [2.45, 2.75) is 18.9 Å². The van der Waals surface area contributed by atoms with Crippen molar-refractivity contribution in [2.24, 2.45) is 0 Å². The van der Waals surface area contributed by atoms with Crippen LogP contribution in [0.4, 0.5) is 14.5 Å². The number of hydrogen-bond donors (Lipinski definition) is 2. The lowest BCUT2D eigenvalue weighted by Crippen LogP contribution is -2.39. The lowest BCUT2D eigenvalue weighted by molar-refractivity contribution is 0.0696. The van der Waals surface area contributed by atoms with Crippen LogP contribution in [0.15, 0.2) is 12.1 Å². The Balaban J connectivity index is 2.10. The Kier molecular flexibility index (Phi) is 3.76. The summed E-state index contributed by atoms with van der Waals surface area (Å²) in [5.41, 5.74) is 5.39. The normalized spacial score (nSPS) is 16.6. The molecule has 0 saturated carbocycles. The topological polar surface area (TPSA) is 64.4 Å². The SMILES string of the molecule is Nc1cc(F)c(F)cc1C(=O)NC1CCOCC1. The fourth-order valence-corrected chi connectivity index (χ4v) is 1.86. The largest absolute Gasteiger partial charge is 0.398 e. The number of nitrogens with two attached hydrogens (primary N) is 1. The molecule has 1 saturated heterocycles. The average molecular weight is 256 g/mol. The van der Waals surface area contributed by atoms with Gasteiger partial charge in [-0.05, 0) is 18.9 Å². The van der Waals surface area contributed by atoms with Gasteiger partial charge in [0.25, 0.3) is 5.91 Å². The number of carbonyl (C=O) groups excluding carboxylic acids is 1. The minimum absolute atomic E-state index is 0.0150. The van der Waals surface area contributed by atoms with Gasteiger partial charge in [-0.2, -0.15) is 0 Å². The lowest BCUT2D eigenvalue weighted by Gasteiger charge is -2.23. The first-order valence-corrected chi connectivity index (χ1v) is 5.71. The molecule has 0 spiro atoms. The zero-order valence-corrected chi connectivity index (χ0v) is 9.71. The van der Waals surface area contributed by atoms with Crippen LogP contribution in [0.3, 0.4) is 0 Å². The van der Waals surface area contributed by atoms with Gasteiger partial charge in [-0.25, -0.2) is 8.78 Å². The van der Waals surface area contributed by atoms with E-state index in [-0.39, 0.29) is 17.3 Å². The Labute approximate surface area is 103 Å². The van der Waals surface area contributed by atoms with Crippen LogP contribution in [0.5, 0.6) is 0 Å². The molecule has 18 heavy (non-hydrogen) atoms. The first kappa shape index (κ1) is 12.8. The second-order valence-corrected chi connectivity index (χ2v) is 4.21. The van der Waals surface area contributed by atoms with Gasteiger partial charge >= 0.3 is 0 Å². The van der Waals surface area contributed by atoms with Gasteiger partial charge in [-0.1, -0.05) is 0 Å². The molecule has 0 radical (unpaired) electrons. The molecule has 0 unspecified atom stereocenters. The third kappa shape index (κ3) is 2.76. The second kappa shape index (κ2) is 5.30. The van der Waals surface area contributed by atoms with Crippen molar-refractivity contribution in [3.8, 4) is 0 Å². The minimum atomic E-state index is -1.08. The van der Waals surface area contributed by atoms with E-state index in [1.54, 1.807) is 0 Å². The highest BCUT2D eigenvalue weighted by Gasteiger charge is 2.19. The van der Waals surface area contributed by atoms with Gasteiger partial charge < -0.3 is 15.8 Å². The molecule has 1 fully saturated rings. The number of amides is 1. The lowest BCUT2D eigenvalue weighted by atomic mass is 10.1. The van der Waals surface area contributed by atoms with Gasteiger partial charge in [0.2, 0.25) is 0 Å². The maximum atomic E-state index is 13.1. The molecule has 0 aliphatic carbocycles. The Morgan fingerprint density at radius 2 is 1.89 bits per heavy atom. The number of nitrogens with one attached hydrogen (secondary N) is 1. The van der Waals surface area contributed by atoms with E-state index in [1.165, 1.54) is 0 Å². The van der Waals surface area contributed by atoms with Crippen molar-refractivity contribution < 1.29 is 18.3 Å². The molecule has 2 rings (SSSR count). The Morgan fingerprint density at radius 3 is 2.56 bits per heavy atom. The maximum Gasteiger partial charge on any atom is 0.253 e. The van der Waals surface area contributed by atoms with E-state index in [1.807, 2.05) is 0 Å². The van der Waals surface area contributed by atoms with Crippen LogP contribution in [0, 0.1) is 11.6 Å². The predicted molar refractivity (Wildman–Crippen MR) is 62.1 cm³/mol. The van der Waals surface area contributed by atoms with E-state index in [2.05, 4.69) is 5.32 Å². The van der Waals surface area contributed by atoms with Crippen molar-refractivity contribution in [1.29, 1.82) is 0 Å². The monoisotopic (exact) mass is 256 g/mol. The fraction of sp³-hybridized carbons (Fsp3) is 0.417. The molecular weight excluding hydrogens is 242 g/mol. The van der Waals surface area contributed by atoms with Gasteiger partial charge in [0.15, 0.2) is 11.6 Å². The number of benzene rings is 1. The fourth-order valence-electron chi connectivity index (χ4n) is 1.86. The summed E-state index contributed by atoms with van der Waals surface area (Å²) < 4.78 is 31.1. The van der Waals surface area contributed by atoms with Crippen LogP contribution in [0.2, 0.25) is 0 Å². The molecule has 0 atom stereocenters. The van der Waals surface area contributed by atoms with E-state index < -0.39 is 17.5 Å². The van der Waals surface area contributed by atoms with Crippen LogP contribution >= 0.6 is 0 Å². The zero-order chi connectivity index (χ0) is 13.1. The van der Waals surface area contributed by atoms with Gasteiger partial charge in [0.1, 0.15) is 0 Å². The molecule has 1 aliphatic rings. The van der Waals surface area contributed by atoms with Crippen LogP contribution in [0.25, 0.3) is 0 Å².